The summed E-state index contributed by atoms with van der Waals surface area (Å²) < 4.78 is 30.3. The van der Waals surface area contributed by atoms with E-state index in [0.29, 0.717) is 13.1 Å². The smallest absolute Gasteiger partial charge is 0.276 e. The van der Waals surface area contributed by atoms with Gasteiger partial charge in [-0.25, -0.2) is 18.1 Å². The van der Waals surface area contributed by atoms with Crippen molar-refractivity contribution >= 4 is 15.9 Å². The number of aromatic nitrogens is 1. The number of sulfonamides is 1. The molecule has 0 saturated carbocycles. The highest BCUT2D eigenvalue weighted by Gasteiger charge is 2.24. The van der Waals surface area contributed by atoms with Crippen molar-refractivity contribution in [3.63, 3.8) is 0 Å². The minimum Gasteiger partial charge on any atom is -0.446 e. The molecule has 134 valence electrons. The number of nitrogens with one attached hydrogen (secondary N) is 1. The number of hydrogen-bond donors (Lipinski definition) is 1. The molecule has 1 amide bonds. The third-order valence-electron chi connectivity index (χ3n) is 4.14. The number of oxazole rings is 1. The van der Waals surface area contributed by atoms with Crippen molar-refractivity contribution in [3.05, 3.63) is 53.2 Å². The van der Waals surface area contributed by atoms with Gasteiger partial charge in [0, 0.05) is 13.1 Å². The summed E-state index contributed by atoms with van der Waals surface area (Å²) in [6.45, 7) is 2.80. The molecule has 1 aliphatic heterocycles. The van der Waals surface area contributed by atoms with Crippen molar-refractivity contribution in [2.45, 2.75) is 32.4 Å². The summed E-state index contributed by atoms with van der Waals surface area (Å²) in [5, 5.41) is 0. The van der Waals surface area contributed by atoms with Crippen LogP contribution in [0.1, 0.15) is 46.9 Å². The molecule has 0 radical (unpaired) electrons. The van der Waals surface area contributed by atoms with Gasteiger partial charge < -0.3 is 9.32 Å². The second-order valence-corrected chi connectivity index (χ2v) is 8.06. The Kier molecular flexibility index (Phi) is 4.91. The molecule has 2 aromatic rings. The van der Waals surface area contributed by atoms with Crippen LogP contribution < -0.4 is 4.72 Å². The van der Waals surface area contributed by atoms with Crippen LogP contribution in [0, 0.1) is 0 Å². The first kappa shape index (κ1) is 17.6. The van der Waals surface area contributed by atoms with Crippen molar-refractivity contribution in [2.24, 2.45) is 0 Å². The van der Waals surface area contributed by atoms with Crippen molar-refractivity contribution < 1.29 is 17.6 Å². The topological polar surface area (TPSA) is 92.5 Å². The zero-order valence-electron chi connectivity index (χ0n) is 14.2. The number of rotatable bonds is 4. The predicted octanol–water partition coefficient (Wildman–Crippen LogP) is 1.87. The predicted molar refractivity (Wildman–Crippen MR) is 92.4 cm³/mol. The Bertz CT molecular complexity index is 876. The first-order valence-electron chi connectivity index (χ1n) is 8.12. The average molecular weight is 363 g/mol. The molecule has 0 fully saturated rings. The van der Waals surface area contributed by atoms with Gasteiger partial charge in [-0.3, -0.25) is 4.79 Å². The summed E-state index contributed by atoms with van der Waals surface area (Å²) in [6, 6.07) is 7.47. The lowest BCUT2D eigenvalue weighted by atomic mass is 10.0. The number of carbonyl (C=O) groups is 1. The van der Waals surface area contributed by atoms with Crippen LogP contribution in [0.5, 0.6) is 0 Å². The van der Waals surface area contributed by atoms with Gasteiger partial charge in [-0.15, -0.1) is 0 Å². The molecule has 2 heterocycles. The molecule has 1 aromatic heterocycles. The molecule has 0 unspecified atom stereocenters. The molecule has 1 aliphatic rings. The molecule has 8 heteroatoms. The first-order chi connectivity index (χ1) is 11.8. The van der Waals surface area contributed by atoms with E-state index in [1.807, 2.05) is 18.2 Å². The quantitative estimate of drug-likeness (QED) is 0.895. The third-order valence-corrected chi connectivity index (χ3v) is 4.93. The molecule has 7 nitrogen and oxygen atoms in total. The first-order valence-corrected chi connectivity index (χ1v) is 10.0. The van der Waals surface area contributed by atoms with E-state index in [1.54, 1.807) is 11.8 Å². The molecule has 25 heavy (non-hydrogen) atoms. The summed E-state index contributed by atoms with van der Waals surface area (Å²) in [4.78, 5) is 18.7. The summed E-state index contributed by atoms with van der Waals surface area (Å²) in [5.41, 5.74) is 2.60. The Morgan fingerprint density at radius 1 is 1.32 bits per heavy atom. The van der Waals surface area contributed by atoms with Gasteiger partial charge >= 0.3 is 0 Å². The van der Waals surface area contributed by atoms with E-state index in [9.17, 15) is 13.2 Å². The Morgan fingerprint density at radius 2 is 2.04 bits per heavy atom. The Balaban J connectivity index is 1.75. The number of hydrogen-bond acceptors (Lipinski definition) is 5. The van der Waals surface area contributed by atoms with Gasteiger partial charge in [0.25, 0.3) is 5.91 Å². The minimum atomic E-state index is -3.39. The molecule has 0 bridgehead atoms. The molecular formula is C17H21N3O4S. The van der Waals surface area contributed by atoms with Crippen LogP contribution in [-0.4, -0.2) is 37.0 Å². The second-order valence-electron chi connectivity index (χ2n) is 6.28. The van der Waals surface area contributed by atoms with Crippen molar-refractivity contribution in [2.75, 3.05) is 12.8 Å². The standard InChI is InChI=1S/C17H21N3O4S/c1-12(19-25(2,22)23)16-18-15(11-24-16)17(21)20-9-5-8-13-6-3-4-7-14(13)10-20/h3-4,6-7,11-12,19H,5,8-10H2,1-2H3/t12-/m0/s1. The fourth-order valence-corrected chi connectivity index (χ4v) is 3.74. The molecular weight excluding hydrogens is 342 g/mol. The number of nitrogens with zero attached hydrogens (tertiary/aromatic N) is 2. The van der Waals surface area contributed by atoms with Gasteiger partial charge in [0.2, 0.25) is 15.9 Å². The summed E-state index contributed by atoms with van der Waals surface area (Å²) in [5.74, 6) is -0.0396. The number of amides is 1. The Hall–Kier alpha value is -2.19. The maximum Gasteiger partial charge on any atom is 0.276 e. The highest BCUT2D eigenvalue weighted by molar-refractivity contribution is 7.88. The lowest BCUT2D eigenvalue weighted by molar-refractivity contribution is 0.0740. The summed E-state index contributed by atoms with van der Waals surface area (Å²) >= 11 is 0. The van der Waals surface area contributed by atoms with Crippen LogP contribution in [0.2, 0.25) is 0 Å². The highest BCUT2D eigenvalue weighted by atomic mass is 32.2. The minimum absolute atomic E-state index is 0.170. The van der Waals surface area contributed by atoms with Crippen LogP contribution in [-0.2, 0) is 23.0 Å². The summed E-state index contributed by atoms with van der Waals surface area (Å²) in [7, 11) is -3.39. The largest absolute Gasteiger partial charge is 0.446 e. The van der Waals surface area contributed by atoms with Gasteiger partial charge in [-0.05, 0) is 30.9 Å². The van der Waals surface area contributed by atoms with E-state index in [2.05, 4.69) is 15.8 Å². The van der Waals surface area contributed by atoms with Gasteiger partial charge in [0.15, 0.2) is 5.69 Å². The SMILES string of the molecule is C[C@H](NS(C)(=O)=O)c1nc(C(=O)N2CCCc3ccccc3C2)co1. The second kappa shape index (κ2) is 6.97. The van der Waals surface area contributed by atoms with Crippen LogP contribution in [0.3, 0.4) is 0 Å². The molecule has 1 N–H and O–H groups in total. The average Bonchev–Trinajstić information content (AvgIpc) is 2.93. The van der Waals surface area contributed by atoms with E-state index < -0.39 is 16.1 Å². The monoisotopic (exact) mass is 363 g/mol. The lowest BCUT2D eigenvalue weighted by Gasteiger charge is -2.19. The Labute approximate surface area is 147 Å². The van der Waals surface area contributed by atoms with E-state index >= 15 is 0 Å². The molecule has 1 atom stereocenters. The number of benzene rings is 1. The van der Waals surface area contributed by atoms with Gasteiger partial charge in [0.1, 0.15) is 6.26 Å². The molecule has 1 aromatic carbocycles. The maximum atomic E-state index is 12.7. The van der Waals surface area contributed by atoms with Crippen LogP contribution in [0.25, 0.3) is 0 Å². The zero-order chi connectivity index (χ0) is 18.0. The normalized spacial score (nSPS) is 16.2. The van der Waals surface area contributed by atoms with E-state index in [4.69, 9.17) is 4.42 Å². The molecule has 0 saturated heterocycles. The fraction of sp³-hybridized carbons (Fsp3) is 0.412. The molecule has 0 aliphatic carbocycles. The zero-order valence-corrected chi connectivity index (χ0v) is 15.0. The van der Waals surface area contributed by atoms with Crippen molar-refractivity contribution in [3.8, 4) is 0 Å². The maximum absolute atomic E-state index is 12.7. The van der Waals surface area contributed by atoms with Gasteiger partial charge in [0.05, 0.1) is 12.3 Å². The van der Waals surface area contributed by atoms with E-state index in [0.717, 1.165) is 24.7 Å². The fourth-order valence-electron chi connectivity index (χ4n) is 2.99. The Morgan fingerprint density at radius 3 is 2.76 bits per heavy atom. The van der Waals surface area contributed by atoms with E-state index in [-0.39, 0.29) is 17.5 Å². The van der Waals surface area contributed by atoms with Crippen LogP contribution in [0.15, 0.2) is 34.9 Å². The number of carbonyl (C=O) groups excluding carboxylic acids is 1. The van der Waals surface area contributed by atoms with Crippen LogP contribution in [0.4, 0.5) is 0 Å². The van der Waals surface area contributed by atoms with Crippen molar-refractivity contribution in [1.29, 1.82) is 0 Å². The number of aryl methyl sites for hydroxylation is 1. The number of fused-ring (bicyclic) bond motifs is 1. The molecule has 3 rings (SSSR count). The highest BCUT2D eigenvalue weighted by Crippen LogP contribution is 2.21. The van der Waals surface area contributed by atoms with Crippen LogP contribution >= 0.6 is 0 Å². The van der Waals surface area contributed by atoms with Gasteiger partial charge in [-0.2, -0.15) is 0 Å². The van der Waals surface area contributed by atoms with Gasteiger partial charge in [-0.1, -0.05) is 24.3 Å². The lowest BCUT2D eigenvalue weighted by Crippen LogP contribution is -2.31. The molecule has 0 spiro atoms. The van der Waals surface area contributed by atoms with Crippen molar-refractivity contribution in [1.82, 2.24) is 14.6 Å². The summed E-state index contributed by atoms with van der Waals surface area (Å²) in [6.07, 6.45) is 4.18. The van der Waals surface area contributed by atoms with E-state index in [1.165, 1.54) is 11.8 Å². The third kappa shape index (κ3) is 4.26.